The number of nitrogens with one attached hydrogen (secondary N) is 1. The first kappa shape index (κ1) is 16.7. The van der Waals surface area contributed by atoms with Crippen LogP contribution in [0.25, 0.3) is 0 Å². The molecule has 0 fully saturated rings. The Morgan fingerprint density at radius 3 is 2.85 bits per heavy atom. The monoisotopic (exact) mass is 298 g/mol. The van der Waals surface area contributed by atoms with Gasteiger partial charge in [-0.05, 0) is 38.0 Å². The first-order chi connectivity index (χ1) is 9.47. The van der Waals surface area contributed by atoms with Crippen molar-refractivity contribution in [1.29, 1.82) is 0 Å². The van der Waals surface area contributed by atoms with Gasteiger partial charge < -0.3 is 15.8 Å². The van der Waals surface area contributed by atoms with E-state index in [4.69, 9.17) is 10.5 Å². The van der Waals surface area contributed by atoms with Crippen LogP contribution in [0.2, 0.25) is 0 Å². The van der Waals surface area contributed by atoms with Crippen molar-refractivity contribution in [1.82, 2.24) is 5.32 Å². The van der Waals surface area contributed by atoms with Gasteiger partial charge in [-0.25, -0.2) is 0 Å². The molecule has 0 radical (unpaired) electrons. The van der Waals surface area contributed by atoms with Crippen molar-refractivity contribution >= 4 is 22.4 Å². The summed E-state index contributed by atoms with van der Waals surface area (Å²) in [5.41, 5.74) is 7.25. The Morgan fingerprint density at radius 1 is 1.50 bits per heavy atom. The summed E-state index contributed by atoms with van der Waals surface area (Å²) in [7, 11) is 0.156. The van der Waals surface area contributed by atoms with Crippen molar-refractivity contribution in [2.75, 3.05) is 26.0 Å². The lowest BCUT2D eigenvalue weighted by atomic mass is 10.2. The van der Waals surface area contributed by atoms with Crippen molar-refractivity contribution in [2.24, 2.45) is 0 Å². The van der Waals surface area contributed by atoms with E-state index in [-0.39, 0.29) is 5.91 Å². The Hall–Kier alpha value is -1.40. The SMILES string of the molecule is COCCCNC(=O)C(C)S(=O)c1cc(C)ccc1N. The Kier molecular flexibility index (Phi) is 6.67. The van der Waals surface area contributed by atoms with E-state index < -0.39 is 16.0 Å². The average molecular weight is 298 g/mol. The normalized spacial score (nSPS) is 13.8. The van der Waals surface area contributed by atoms with Crippen LogP contribution in [0.3, 0.4) is 0 Å². The highest BCUT2D eigenvalue weighted by molar-refractivity contribution is 7.86. The number of hydrogen-bond donors (Lipinski definition) is 2. The van der Waals surface area contributed by atoms with Crippen LogP contribution in [0, 0.1) is 6.92 Å². The van der Waals surface area contributed by atoms with E-state index in [9.17, 15) is 9.00 Å². The summed E-state index contributed by atoms with van der Waals surface area (Å²) in [5.74, 6) is -0.236. The van der Waals surface area contributed by atoms with Gasteiger partial charge in [-0.1, -0.05) is 6.07 Å². The number of rotatable bonds is 7. The van der Waals surface area contributed by atoms with E-state index in [0.717, 1.165) is 12.0 Å². The van der Waals surface area contributed by atoms with E-state index in [2.05, 4.69) is 5.32 Å². The number of aryl methyl sites for hydroxylation is 1. The fourth-order valence-corrected chi connectivity index (χ4v) is 2.94. The summed E-state index contributed by atoms with van der Waals surface area (Å²) < 4.78 is 17.3. The molecule has 0 saturated heterocycles. The average Bonchev–Trinajstić information content (AvgIpc) is 2.44. The zero-order valence-electron chi connectivity index (χ0n) is 12.1. The van der Waals surface area contributed by atoms with E-state index in [1.165, 1.54) is 0 Å². The van der Waals surface area contributed by atoms with E-state index in [0.29, 0.717) is 23.7 Å². The molecule has 1 rings (SSSR count). The zero-order chi connectivity index (χ0) is 15.1. The van der Waals surface area contributed by atoms with Crippen molar-refractivity contribution in [3.05, 3.63) is 23.8 Å². The minimum Gasteiger partial charge on any atom is -0.398 e. The van der Waals surface area contributed by atoms with Crippen LogP contribution in [0.5, 0.6) is 0 Å². The van der Waals surface area contributed by atoms with Gasteiger partial charge in [0.2, 0.25) is 5.91 Å². The third-order valence-electron chi connectivity index (χ3n) is 2.90. The molecule has 1 aromatic rings. The summed E-state index contributed by atoms with van der Waals surface area (Å²) in [6.07, 6.45) is 0.730. The first-order valence-corrected chi connectivity index (χ1v) is 7.72. The Morgan fingerprint density at radius 2 is 2.20 bits per heavy atom. The van der Waals surface area contributed by atoms with Gasteiger partial charge in [-0.3, -0.25) is 9.00 Å². The molecule has 0 spiro atoms. The Bertz CT molecular complexity index is 491. The summed E-state index contributed by atoms with van der Waals surface area (Å²) in [5, 5.41) is 2.11. The molecule has 0 aliphatic rings. The fourth-order valence-electron chi connectivity index (χ4n) is 1.68. The van der Waals surface area contributed by atoms with Gasteiger partial charge >= 0.3 is 0 Å². The quantitative estimate of drug-likeness (QED) is 0.586. The van der Waals surface area contributed by atoms with Gasteiger partial charge in [0.25, 0.3) is 0 Å². The summed E-state index contributed by atoms with van der Waals surface area (Å²) >= 11 is 0. The van der Waals surface area contributed by atoms with Crippen molar-refractivity contribution in [2.45, 2.75) is 30.4 Å². The molecule has 1 amide bonds. The molecule has 2 atom stereocenters. The smallest absolute Gasteiger partial charge is 0.235 e. The second-order valence-electron chi connectivity index (χ2n) is 4.62. The number of ether oxygens (including phenoxy) is 1. The van der Waals surface area contributed by atoms with Crippen molar-refractivity contribution in [3.63, 3.8) is 0 Å². The molecular weight excluding hydrogens is 276 g/mol. The number of carbonyl (C=O) groups excluding carboxylic acids is 1. The maximum absolute atomic E-state index is 12.4. The summed E-state index contributed by atoms with van der Waals surface area (Å²) in [6, 6.07) is 5.33. The van der Waals surface area contributed by atoms with Gasteiger partial charge in [-0.2, -0.15) is 0 Å². The highest BCUT2D eigenvalue weighted by Gasteiger charge is 2.22. The molecule has 5 nitrogen and oxygen atoms in total. The van der Waals surface area contributed by atoms with E-state index in [1.54, 1.807) is 26.2 Å². The lowest BCUT2D eigenvalue weighted by molar-refractivity contribution is -0.120. The zero-order valence-corrected chi connectivity index (χ0v) is 13.0. The van der Waals surface area contributed by atoms with Crippen LogP contribution in [0.4, 0.5) is 5.69 Å². The molecule has 0 bridgehead atoms. The minimum atomic E-state index is -1.46. The summed E-state index contributed by atoms with van der Waals surface area (Å²) in [6.45, 7) is 4.64. The molecule has 0 aliphatic carbocycles. The van der Waals surface area contributed by atoms with Gasteiger partial charge in [0.1, 0.15) is 5.25 Å². The second-order valence-corrected chi connectivity index (χ2v) is 6.36. The van der Waals surface area contributed by atoms with Crippen LogP contribution >= 0.6 is 0 Å². The Labute approximate surface area is 122 Å². The van der Waals surface area contributed by atoms with Crippen molar-refractivity contribution in [3.8, 4) is 0 Å². The number of anilines is 1. The molecule has 6 heteroatoms. The van der Waals surface area contributed by atoms with Crippen LogP contribution < -0.4 is 11.1 Å². The van der Waals surface area contributed by atoms with Gasteiger partial charge in [0.15, 0.2) is 0 Å². The highest BCUT2D eigenvalue weighted by atomic mass is 32.2. The van der Waals surface area contributed by atoms with E-state index in [1.807, 2.05) is 13.0 Å². The topological polar surface area (TPSA) is 81.4 Å². The molecule has 20 heavy (non-hydrogen) atoms. The number of carbonyl (C=O) groups is 1. The standard InChI is InChI=1S/C14H22N2O3S/c1-10-5-6-12(15)13(9-10)20(18)11(2)14(17)16-7-4-8-19-3/h5-6,9,11H,4,7-8,15H2,1-3H3,(H,16,17). The molecule has 3 N–H and O–H groups in total. The Balaban J connectivity index is 2.66. The molecule has 1 aromatic carbocycles. The lowest BCUT2D eigenvalue weighted by Gasteiger charge is -2.14. The molecule has 0 heterocycles. The molecular formula is C14H22N2O3S. The predicted molar refractivity (Wildman–Crippen MR) is 81.0 cm³/mol. The van der Waals surface area contributed by atoms with Crippen LogP contribution in [-0.2, 0) is 20.3 Å². The third-order valence-corrected chi connectivity index (χ3v) is 4.54. The van der Waals surface area contributed by atoms with Crippen molar-refractivity contribution < 1.29 is 13.7 Å². The molecule has 0 aliphatic heterocycles. The number of nitrogens with two attached hydrogens (primary N) is 1. The van der Waals surface area contributed by atoms with Crippen LogP contribution in [0.15, 0.2) is 23.1 Å². The lowest BCUT2D eigenvalue weighted by Crippen LogP contribution is -2.36. The molecule has 0 saturated carbocycles. The van der Waals surface area contributed by atoms with E-state index >= 15 is 0 Å². The first-order valence-electron chi connectivity index (χ1n) is 6.50. The van der Waals surface area contributed by atoms with Gasteiger partial charge in [-0.15, -0.1) is 0 Å². The molecule has 2 unspecified atom stereocenters. The highest BCUT2D eigenvalue weighted by Crippen LogP contribution is 2.20. The number of benzene rings is 1. The second kappa shape index (κ2) is 8.01. The third kappa shape index (κ3) is 4.61. The molecule has 112 valence electrons. The van der Waals surface area contributed by atoms with Crippen LogP contribution in [0.1, 0.15) is 18.9 Å². The van der Waals surface area contributed by atoms with Gasteiger partial charge in [0.05, 0.1) is 15.7 Å². The summed E-state index contributed by atoms with van der Waals surface area (Å²) in [4.78, 5) is 12.4. The van der Waals surface area contributed by atoms with Gasteiger partial charge in [0, 0.05) is 25.9 Å². The fraction of sp³-hybridized carbons (Fsp3) is 0.500. The largest absolute Gasteiger partial charge is 0.398 e. The minimum absolute atomic E-state index is 0.236. The van der Waals surface area contributed by atoms with Crippen LogP contribution in [-0.4, -0.2) is 35.6 Å². The predicted octanol–water partition coefficient (Wildman–Crippen LogP) is 1.23. The number of methoxy groups -OCH3 is 1. The number of nitrogen functional groups attached to an aromatic ring is 1. The number of hydrogen-bond acceptors (Lipinski definition) is 4. The molecule has 0 aromatic heterocycles. The number of amides is 1. The maximum atomic E-state index is 12.4. The maximum Gasteiger partial charge on any atom is 0.235 e.